The molecule has 0 spiro atoms. The zero-order valence-corrected chi connectivity index (χ0v) is 8.90. The van der Waals surface area contributed by atoms with E-state index < -0.39 is 0 Å². The Labute approximate surface area is 90.1 Å². The van der Waals surface area contributed by atoms with Gasteiger partial charge in [-0.2, -0.15) is 5.26 Å². The highest BCUT2D eigenvalue weighted by atomic mass is 15.1. The number of rotatable bonds is 3. The molecule has 0 aromatic heterocycles. The lowest BCUT2D eigenvalue weighted by Gasteiger charge is -2.20. The smallest absolute Gasteiger partial charge is 0.0992 e. The minimum absolute atomic E-state index is 0.668. The Bertz CT molecular complexity index is 402. The van der Waals surface area contributed by atoms with E-state index >= 15 is 0 Å². The molecule has 2 N–H and O–H groups in total. The largest absolute Gasteiger partial charge is 0.397 e. The Morgan fingerprint density at radius 3 is 2.87 bits per heavy atom. The molecule has 78 valence electrons. The molecule has 15 heavy (non-hydrogen) atoms. The van der Waals surface area contributed by atoms with Crippen molar-refractivity contribution in [1.82, 2.24) is 0 Å². The Morgan fingerprint density at radius 2 is 2.27 bits per heavy atom. The van der Waals surface area contributed by atoms with Crippen LogP contribution in [-0.4, -0.2) is 13.6 Å². The molecule has 0 unspecified atom stereocenters. The number of hydrogen-bond acceptors (Lipinski definition) is 3. The van der Waals surface area contributed by atoms with E-state index in [4.69, 9.17) is 11.0 Å². The van der Waals surface area contributed by atoms with E-state index in [2.05, 4.69) is 11.0 Å². The lowest BCUT2D eigenvalue weighted by Crippen LogP contribution is -2.21. The minimum atomic E-state index is 0.668. The van der Waals surface area contributed by atoms with Crippen LogP contribution in [0.2, 0.25) is 0 Å². The van der Waals surface area contributed by atoms with Gasteiger partial charge in [0.1, 0.15) is 0 Å². The SMILES string of the molecule is CN(CC1CC1)c1cc(C#N)ccc1N. The summed E-state index contributed by atoms with van der Waals surface area (Å²) in [6.45, 7) is 1.04. The molecular weight excluding hydrogens is 186 g/mol. The number of nitriles is 1. The summed E-state index contributed by atoms with van der Waals surface area (Å²) in [7, 11) is 2.03. The van der Waals surface area contributed by atoms with E-state index in [0.29, 0.717) is 5.56 Å². The van der Waals surface area contributed by atoms with E-state index in [1.54, 1.807) is 12.1 Å². The molecule has 0 heterocycles. The molecule has 0 radical (unpaired) electrons. The van der Waals surface area contributed by atoms with Crippen molar-refractivity contribution in [3.63, 3.8) is 0 Å². The normalized spacial score (nSPS) is 14.7. The van der Waals surface area contributed by atoms with Gasteiger partial charge in [0.2, 0.25) is 0 Å². The van der Waals surface area contributed by atoms with Gasteiger partial charge in [0.15, 0.2) is 0 Å². The van der Waals surface area contributed by atoms with Crippen molar-refractivity contribution in [2.24, 2.45) is 5.92 Å². The lowest BCUT2D eigenvalue weighted by molar-refractivity contribution is 0.788. The molecule has 1 aromatic rings. The van der Waals surface area contributed by atoms with E-state index in [9.17, 15) is 0 Å². The average Bonchev–Trinajstić information content (AvgIpc) is 3.02. The van der Waals surface area contributed by atoms with Crippen molar-refractivity contribution in [3.8, 4) is 6.07 Å². The van der Waals surface area contributed by atoms with Gasteiger partial charge in [0.05, 0.1) is 23.0 Å². The predicted molar refractivity (Wildman–Crippen MR) is 61.6 cm³/mol. The van der Waals surface area contributed by atoms with E-state index in [1.807, 2.05) is 13.1 Å². The number of anilines is 2. The van der Waals surface area contributed by atoms with Crippen molar-refractivity contribution >= 4 is 11.4 Å². The molecule has 1 aromatic carbocycles. The summed E-state index contributed by atoms with van der Waals surface area (Å²) in [5, 5.41) is 8.82. The van der Waals surface area contributed by atoms with Gasteiger partial charge >= 0.3 is 0 Å². The van der Waals surface area contributed by atoms with Gasteiger partial charge in [0, 0.05) is 13.6 Å². The fourth-order valence-corrected chi connectivity index (χ4v) is 1.73. The maximum absolute atomic E-state index is 8.82. The van der Waals surface area contributed by atoms with Gasteiger partial charge in [-0.05, 0) is 37.0 Å². The van der Waals surface area contributed by atoms with Crippen molar-refractivity contribution in [1.29, 1.82) is 5.26 Å². The Hall–Kier alpha value is -1.69. The van der Waals surface area contributed by atoms with Gasteiger partial charge in [-0.1, -0.05) is 0 Å². The van der Waals surface area contributed by atoms with Crippen LogP contribution < -0.4 is 10.6 Å². The van der Waals surface area contributed by atoms with Crippen molar-refractivity contribution < 1.29 is 0 Å². The Kier molecular flexibility index (Phi) is 2.51. The number of hydrogen-bond donors (Lipinski definition) is 1. The molecule has 3 nitrogen and oxygen atoms in total. The zero-order valence-electron chi connectivity index (χ0n) is 8.90. The van der Waals surface area contributed by atoms with Crippen LogP contribution in [0.3, 0.4) is 0 Å². The summed E-state index contributed by atoms with van der Waals surface area (Å²) in [6, 6.07) is 7.55. The fraction of sp³-hybridized carbons (Fsp3) is 0.417. The van der Waals surface area contributed by atoms with Crippen LogP contribution in [0.1, 0.15) is 18.4 Å². The quantitative estimate of drug-likeness (QED) is 0.761. The molecule has 0 saturated heterocycles. The molecule has 2 rings (SSSR count). The topological polar surface area (TPSA) is 53.0 Å². The minimum Gasteiger partial charge on any atom is -0.397 e. The molecule has 0 atom stereocenters. The molecule has 1 aliphatic carbocycles. The zero-order chi connectivity index (χ0) is 10.8. The molecule has 1 aliphatic rings. The molecule has 1 saturated carbocycles. The summed E-state index contributed by atoms with van der Waals surface area (Å²) in [6.07, 6.45) is 2.64. The second kappa shape index (κ2) is 3.82. The van der Waals surface area contributed by atoms with Gasteiger partial charge in [0.25, 0.3) is 0 Å². The maximum atomic E-state index is 8.82. The van der Waals surface area contributed by atoms with Crippen LogP contribution >= 0.6 is 0 Å². The van der Waals surface area contributed by atoms with Crippen molar-refractivity contribution in [2.75, 3.05) is 24.2 Å². The van der Waals surface area contributed by atoms with Gasteiger partial charge in [-0.25, -0.2) is 0 Å². The highest BCUT2D eigenvalue weighted by Crippen LogP contribution is 2.32. The maximum Gasteiger partial charge on any atom is 0.0992 e. The molecule has 1 fully saturated rings. The average molecular weight is 201 g/mol. The highest BCUT2D eigenvalue weighted by Gasteiger charge is 2.23. The van der Waals surface area contributed by atoms with E-state index in [0.717, 1.165) is 23.8 Å². The number of nitrogens with zero attached hydrogens (tertiary/aromatic N) is 2. The van der Waals surface area contributed by atoms with E-state index in [-0.39, 0.29) is 0 Å². The van der Waals surface area contributed by atoms with Crippen LogP contribution in [0.5, 0.6) is 0 Å². The van der Waals surface area contributed by atoms with Crippen LogP contribution in [0, 0.1) is 17.2 Å². The first-order valence-corrected chi connectivity index (χ1v) is 5.21. The molecular formula is C12H15N3. The highest BCUT2D eigenvalue weighted by molar-refractivity contribution is 5.69. The number of benzene rings is 1. The van der Waals surface area contributed by atoms with Gasteiger partial charge < -0.3 is 10.6 Å². The monoisotopic (exact) mass is 201 g/mol. The second-order valence-electron chi connectivity index (χ2n) is 4.21. The first kappa shape index (κ1) is 9.85. The van der Waals surface area contributed by atoms with Crippen LogP contribution in [0.4, 0.5) is 11.4 Å². The summed E-state index contributed by atoms with van der Waals surface area (Å²) in [5.41, 5.74) is 8.28. The summed E-state index contributed by atoms with van der Waals surface area (Å²) < 4.78 is 0. The third-order valence-electron chi connectivity index (χ3n) is 2.80. The molecule has 0 amide bonds. The predicted octanol–water partition coefficient (Wildman–Crippen LogP) is 1.99. The molecule has 0 bridgehead atoms. The van der Waals surface area contributed by atoms with Crippen LogP contribution in [0.25, 0.3) is 0 Å². The Morgan fingerprint density at radius 1 is 1.53 bits per heavy atom. The fourth-order valence-electron chi connectivity index (χ4n) is 1.73. The van der Waals surface area contributed by atoms with Crippen LogP contribution in [-0.2, 0) is 0 Å². The lowest BCUT2D eigenvalue weighted by atomic mass is 10.1. The first-order valence-electron chi connectivity index (χ1n) is 5.21. The van der Waals surface area contributed by atoms with Gasteiger partial charge in [-0.3, -0.25) is 0 Å². The molecule has 3 heteroatoms. The van der Waals surface area contributed by atoms with Crippen molar-refractivity contribution in [3.05, 3.63) is 23.8 Å². The summed E-state index contributed by atoms with van der Waals surface area (Å²) in [5.74, 6) is 0.820. The first-order chi connectivity index (χ1) is 7.20. The molecule has 0 aliphatic heterocycles. The second-order valence-corrected chi connectivity index (χ2v) is 4.21. The third kappa shape index (κ3) is 2.21. The number of nitrogen functional groups attached to an aromatic ring is 1. The summed E-state index contributed by atoms with van der Waals surface area (Å²) >= 11 is 0. The standard InChI is InChI=1S/C12H15N3/c1-15(8-9-2-3-9)12-6-10(7-13)4-5-11(12)14/h4-6,9H,2-3,8,14H2,1H3. The van der Waals surface area contributed by atoms with Crippen molar-refractivity contribution in [2.45, 2.75) is 12.8 Å². The van der Waals surface area contributed by atoms with Gasteiger partial charge in [-0.15, -0.1) is 0 Å². The third-order valence-corrected chi connectivity index (χ3v) is 2.80. The van der Waals surface area contributed by atoms with Crippen LogP contribution in [0.15, 0.2) is 18.2 Å². The number of nitrogens with two attached hydrogens (primary N) is 1. The van der Waals surface area contributed by atoms with E-state index in [1.165, 1.54) is 12.8 Å². The summed E-state index contributed by atoms with van der Waals surface area (Å²) in [4.78, 5) is 2.15. The Balaban J connectivity index is 2.20.